The van der Waals surface area contributed by atoms with E-state index in [0.717, 1.165) is 168 Å². The minimum atomic E-state index is -2.40. The molecule has 0 aromatic rings. The van der Waals surface area contributed by atoms with E-state index < -0.39 is 77.3 Å². The molecule has 33 nitrogen and oxygen atoms in total. The van der Waals surface area contributed by atoms with E-state index in [1.54, 1.807) is 107 Å². The molecule has 0 atom stereocenters. The van der Waals surface area contributed by atoms with Gasteiger partial charge in [0.2, 0.25) is 0 Å². The first-order valence-electron chi connectivity index (χ1n) is 42.6. The molecule has 0 rings (SSSR count). The zero-order valence-corrected chi connectivity index (χ0v) is 93.5. The second-order valence-electron chi connectivity index (χ2n) is 24.8. The lowest BCUT2D eigenvalue weighted by Crippen LogP contribution is -2.46. The van der Waals surface area contributed by atoms with Gasteiger partial charge in [0.1, 0.15) is 0 Å². The van der Waals surface area contributed by atoms with E-state index in [1.807, 2.05) is 90.0 Å². The molecule has 0 unspecified atom stereocenters. The Morgan fingerprint density at radius 2 is 0.350 bits per heavy atom. The van der Waals surface area contributed by atoms with Gasteiger partial charge < -0.3 is 162 Å². The highest BCUT2D eigenvalue weighted by atomic mass is 28.4. The lowest BCUT2D eigenvalue weighted by Gasteiger charge is -2.28. The molecule has 0 heterocycles. The molecule has 42 heteroatoms. The summed E-state index contributed by atoms with van der Waals surface area (Å²) in [6, 6.07) is 8.78. The second kappa shape index (κ2) is 127. The molecule has 0 amide bonds. The first-order valence-corrected chi connectivity index (χ1v) is 64.7. The highest BCUT2D eigenvalue weighted by molar-refractivity contribution is 6.72. The van der Waals surface area contributed by atoms with E-state index in [4.69, 9.17) is 151 Å². The number of hydrogen-bond donors (Lipinski definition) is 14. The normalized spacial score (nSPS) is 10.8. The van der Waals surface area contributed by atoms with Gasteiger partial charge in [-0.2, -0.15) is 0 Å². The third-order valence-corrected chi connectivity index (χ3v) is 40.4. The Morgan fingerprint density at radius 1 is 0.197 bits per heavy atom. The van der Waals surface area contributed by atoms with E-state index in [9.17, 15) is 0 Å². The van der Waals surface area contributed by atoms with Crippen molar-refractivity contribution >= 4 is 77.3 Å². The second-order valence-corrected chi connectivity index (χ2v) is 57.5. The number of aliphatic hydroxyl groups excluding tert-OH is 3. The minimum Gasteiger partial charge on any atom is -0.420 e. The number of aliphatic hydroxyl groups is 3. The first kappa shape index (κ1) is 158. The van der Waals surface area contributed by atoms with Crippen molar-refractivity contribution in [1.82, 2.24) is 10.6 Å². The fourth-order valence-corrected chi connectivity index (χ4v) is 23.7. The Morgan fingerprint density at radius 3 is 0.496 bits per heavy atom. The molecule has 736 valence electrons. The summed E-state index contributed by atoms with van der Waals surface area (Å²) in [7, 11) is 10.9. The van der Waals surface area contributed by atoms with Crippen LogP contribution in [-0.2, 0) is 84.1 Å². The van der Waals surface area contributed by atoms with Crippen molar-refractivity contribution in [2.45, 2.75) is 261 Å². The van der Waals surface area contributed by atoms with E-state index in [2.05, 4.69) is 69.9 Å². The van der Waals surface area contributed by atoms with Crippen LogP contribution < -0.4 is 62.2 Å². The highest BCUT2D eigenvalue weighted by Crippen LogP contribution is 2.20. The number of nitrogens with two attached hydrogens (primary N) is 9. The van der Waals surface area contributed by atoms with Gasteiger partial charge >= 0.3 is 44.0 Å². The Hall–Kier alpha value is 0.632. The van der Waals surface area contributed by atoms with Crippen LogP contribution in [0.5, 0.6) is 0 Å². The van der Waals surface area contributed by atoms with Gasteiger partial charge in [0.15, 0.2) is 33.3 Å². The molecular formula is C75H213N11O22Si9. The molecule has 0 fully saturated rings. The van der Waals surface area contributed by atoms with Crippen molar-refractivity contribution in [1.29, 1.82) is 0 Å². The molecule has 117 heavy (non-hydrogen) atoms. The molecule has 0 aromatic heterocycles. The molecule has 0 saturated heterocycles. The quantitative estimate of drug-likeness (QED) is 0.0199. The monoisotopic (exact) mass is 1870 g/mol. The summed E-state index contributed by atoms with van der Waals surface area (Å²) in [6.07, 6.45) is 9.02. The topological polar surface area (TPSA) is 494 Å². The van der Waals surface area contributed by atoms with Gasteiger partial charge in [-0.25, -0.2) is 0 Å². The molecule has 23 N–H and O–H groups in total. The van der Waals surface area contributed by atoms with Gasteiger partial charge in [-0.3, -0.25) is 0 Å². The lowest BCUT2D eigenvalue weighted by molar-refractivity contribution is 0.0709. The van der Waals surface area contributed by atoms with Crippen LogP contribution in [0.2, 0.25) is 107 Å². The average molecular weight is 1870 g/mol. The molecule has 0 saturated carbocycles. The summed E-state index contributed by atoms with van der Waals surface area (Å²) < 4.78 is 101. The smallest absolute Gasteiger partial charge is 0.420 e. The Balaban J connectivity index is -0.0000000629. The molecule has 0 aromatic carbocycles. The first-order chi connectivity index (χ1) is 55.7. The zero-order chi connectivity index (χ0) is 96.1. The predicted molar refractivity (Wildman–Crippen MR) is 524 cm³/mol. The standard InChI is InChI=1S/C9H23NO3Si.2C8H22N2O3Si.C7H19NOSi.2C6H17NO3Si.3C6H17NOSi.5C2H6.3CH4O/c1-4-11-14(12-5-2,13-6-3)9-7-8-10;2*1-11-14(12-2,13-3)8-4-6-10-7-5-9;1-4-9-10(2,3)7-5-6-8;2*1-8-11(9-2,10-3)6-4-5-7;3*1-8-9(2,3)6-4-5-7;8*1-2/h4-10H2,1-3H3;2*10H,4-9H2,1-3H3;4-8H2,1-3H3;2*4-7H2,1-3H3;3*4-7H2,1-3H3;5*1-2H3;3*2H,1H3. The summed E-state index contributed by atoms with van der Waals surface area (Å²) in [5.41, 5.74) is 48.4. The van der Waals surface area contributed by atoms with Crippen molar-refractivity contribution in [2.75, 3.05) is 239 Å². The molecule has 0 aliphatic heterocycles. The van der Waals surface area contributed by atoms with Crippen LogP contribution in [0.15, 0.2) is 0 Å². The van der Waals surface area contributed by atoms with Gasteiger partial charge in [-0.15, -0.1) is 0 Å². The summed E-state index contributed by atoms with van der Waals surface area (Å²) >= 11 is 0. The summed E-state index contributed by atoms with van der Waals surface area (Å²) in [5, 5.41) is 27.4. The molecule has 0 spiro atoms. The van der Waals surface area contributed by atoms with Crippen LogP contribution in [0.3, 0.4) is 0 Å². The van der Waals surface area contributed by atoms with Crippen LogP contribution in [0.25, 0.3) is 0 Å². The van der Waals surface area contributed by atoms with Crippen LogP contribution in [-0.4, -0.2) is 332 Å². The predicted octanol–water partition coefficient (Wildman–Crippen LogP) is 10.5. The van der Waals surface area contributed by atoms with Crippen molar-refractivity contribution in [3.63, 3.8) is 0 Å². The molecule has 0 radical (unpaired) electrons. The molecule has 0 bridgehead atoms. The van der Waals surface area contributed by atoms with E-state index in [1.165, 1.54) is 24.2 Å². The van der Waals surface area contributed by atoms with Crippen molar-refractivity contribution in [3.05, 3.63) is 0 Å². The fourth-order valence-electron chi connectivity index (χ4n) is 8.38. The maximum absolute atomic E-state index is 7.00. The van der Waals surface area contributed by atoms with Crippen LogP contribution in [0, 0.1) is 0 Å². The third kappa shape index (κ3) is 121. The van der Waals surface area contributed by atoms with Crippen molar-refractivity contribution in [3.8, 4) is 0 Å². The SMILES string of the molecule is CC.CC.CC.CC.CC.CCO[Si](C)(C)CCCN.CCO[Si](CCCN)(OCC)OCC.CO.CO.CO.CO[Si](C)(C)CCCN.CO[Si](C)(C)CCCN.CO[Si](C)(C)CCCN.CO[Si](CCCN)(OC)OC.CO[Si](CCCN)(OC)OC.CO[Si](CCCNCCN)(OC)OC.CO[Si](CCCNCCN)(OC)OC. The van der Waals surface area contributed by atoms with E-state index >= 15 is 0 Å². The third-order valence-electron chi connectivity index (χ3n) is 15.3. The number of nitrogens with one attached hydrogen (secondary N) is 2. The lowest BCUT2D eigenvalue weighted by atomic mass is 10.5. The number of rotatable bonds is 56. The maximum atomic E-state index is 7.00. The summed E-state index contributed by atoms with van der Waals surface area (Å²) in [4.78, 5) is 0. The molecular weight excluding hydrogens is 1660 g/mol. The van der Waals surface area contributed by atoms with Crippen LogP contribution >= 0.6 is 0 Å². The van der Waals surface area contributed by atoms with Gasteiger partial charge in [0.25, 0.3) is 0 Å². The Kier molecular flexibility index (Phi) is 172. The maximum Gasteiger partial charge on any atom is 0.500 e. The number of hydrogen-bond acceptors (Lipinski definition) is 33. The van der Waals surface area contributed by atoms with Gasteiger partial charge in [0, 0.05) is 211 Å². The summed E-state index contributed by atoms with van der Waals surface area (Å²) in [6.45, 7) is 58.4. The Labute approximate surface area is 735 Å². The molecule has 0 aliphatic carbocycles. The average Bonchev–Trinajstić information content (AvgIpc) is 0.854. The van der Waals surface area contributed by atoms with Crippen LogP contribution in [0.1, 0.15) is 155 Å². The Bertz CT molecular complexity index is 1470. The van der Waals surface area contributed by atoms with Crippen LogP contribution in [0.4, 0.5) is 0 Å². The van der Waals surface area contributed by atoms with Gasteiger partial charge in [-0.05, 0) is 221 Å². The fraction of sp³-hybridized carbons (Fsp3) is 1.00. The van der Waals surface area contributed by atoms with E-state index in [-0.39, 0.29) is 0 Å². The van der Waals surface area contributed by atoms with E-state index in [0.29, 0.717) is 52.5 Å². The molecule has 0 aliphatic rings. The van der Waals surface area contributed by atoms with Crippen molar-refractivity contribution < 1.29 is 99.4 Å². The highest BCUT2D eigenvalue weighted by Gasteiger charge is 2.41. The largest absolute Gasteiger partial charge is 0.500 e. The minimum absolute atomic E-state index is 0.636. The van der Waals surface area contributed by atoms with Gasteiger partial charge in [-0.1, -0.05) is 69.2 Å². The zero-order valence-electron chi connectivity index (χ0n) is 84.5. The van der Waals surface area contributed by atoms with Gasteiger partial charge in [0.05, 0.1) is 0 Å². The van der Waals surface area contributed by atoms with Crippen molar-refractivity contribution in [2.24, 2.45) is 51.6 Å². The summed E-state index contributed by atoms with van der Waals surface area (Å²) in [5.74, 6) is 0.